The highest BCUT2D eigenvalue weighted by atomic mass is 79.9. The topological polar surface area (TPSA) is 18.5 Å². The van der Waals surface area contributed by atoms with Crippen LogP contribution in [0.4, 0.5) is 0 Å². The number of halogens is 1. The van der Waals surface area contributed by atoms with Gasteiger partial charge in [-0.15, -0.1) is 0 Å². The molecule has 0 radical (unpaired) electrons. The van der Waals surface area contributed by atoms with Gasteiger partial charge in [-0.3, -0.25) is 12.9 Å². The van der Waals surface area contributed by atoms with Crippen molar-refractivity contribution in [1.82, 2.24) is 0 Å². The van der Waals surface area contributed by atoms with Crippen molar-refractivity contribution in [2.24, 2.45) is 5.41 Å². The van der Waals surface area contributed by atoms with Gasteiger partial charge in [-0.05, 0) is 0 Å². The van der Waals surface area contributed by atoms with Crippen molar-refractivity contribution in [2.45, 2.75) is 20.1 Å². The third-order valence-corrected chi connectivity index (χ3v) is 5.38. The van der Waals surface area contributed by atoms with E-state index in [1.54, 1.807) is 0 Å². The molecule has 16 heavy (non-hydrogen) atoms. The van der Waals surface area contributed by atoms with Gasteiger partial charge in [0.1, 0.15) is 0 Å². The third-order valence-electron chi connectivity index (χ3n) is 2.66. The Morgan fingerprint density at radius 1 is 1.19 bits per heavy atom. The smallest absolute Gasteiger partial charge is 0.348 e. The van der Waals surface area contributed by atoms with E-state index in [9.17, 15) is 0 Å². The molecule has 0 aliphatic carbocycles. The van der Waals surface area contributed by atoms with Gasteiger partial charge in [0.25, 0.3) is 0 Å². The Labute approximate surface area is 112 Å². The molecule has 84 valence electrons. The average molecular weight is 295 g/mol. The summed E-state index contributed by atoms with van der Waals surface area (Å²) in [4.78, 5) is 0. The standard InChI is InChI=1S/C12H15O2.BrH.Mg/c1-12(2)8-13-11(14-9-12)10-6-4-3-5-7-10;;/h4-7,11H,8-9H2,1-2H3;1H;/q;;+1/p-1. The lowest BCUT2D eigenvalue weighted by Gasteiger charge is -2.34. The summed E-state index contributed by atoms with van der Waals surface area (Å²) in [6.45, 7) is 5.82. The lowest BCUT2D eigenvalue weighted by Crippen LogP contribution is -2.33. The number of hydrogen-bond acceptors (Lipinski definition) is 2. The molecule has 4 heteroatoms. The van der Waals surface area contributed by atoms with Crippen LogP contribution in [0, 0.1) is 5.41 Å². The summed E-state index contributed by atoms with van der Waals surface area (Å²) in [5, 5.41) is 0. The maximum absolute atomic E-state index is 5.73. The minimum absolute atomic E-state index is 0.138. The largest absolute Gasteiger partial charge is 0.506 e. The molecule has 0 bridgehead atoms. The van der Waals surface area contributed by atoms with E-state index >= 15 is 0 Å². The molecule has 2 rings (SSSR count). The van der Waals surface area contributed by atoms with Crippen LogP contribution in [0.2, 0.25) is 0 Å². The molecule has 0 spiro atoms. The molecule has 1 aromatic rings. The molecular formula is C12H15BrMgO2. The minimum Gasteiger partial charge on any atom is -0.348 e. The van der Waals surface area contributed by atoms with Gasteiger partial charge in [-0.25, -0.2) is 0 Å². The number of hydrogen-bond donors (Lipinski definition) is 0. The molecule has 2 nitrogen and oxygen atoms in total. The highest BCUT2D eigenvalue weighted by Gasteiger charge is 2.28. The summed E-state index contributed by atoms with van der Waals surface area (Å²) in [5.41, 5.74) is 1.26. The molecule has 0 N–H and O–H groups in total. The summed E-state index contributed by atoms with van der Waals surface area (Å²) in [6, 6.07) is 8.52. The van der Waals surface area contributed by atoms with Gasteiger partial charge in [-0.2, -0.15) is 3.69 Å². The first kappa shape index (κ1) is 12.8. The molecule has 1 aliphatic heterocycles. The molecule has 0 atom stereocenters. The van der Waals surface area contributed by atoms with Gasteiger partial charge >= 0.3 is 18.2 Å². The zero-order valence-electron chi connectivity index (χ0n) is 9.70. The van der Waals surface area contributed by atoms with Gasteiger partial charge in [0.05, 0.1) is 13.2 Å². The van der Waals surface area contributed by atoms with Gasteiger partial charge in [-0.1, -0.05) is 38.1 Å². The normalized spacial score (nSPS) is 20.4. The molecule has 0 aromatic heterocycles. The van der Waals surface area contributed by atoms with Crippen LogP contribution in [0.15, 0.2) is 24.3 Å². The predicted molar refractivity (Wildman–Crippen MR) is 69.2 cm³/mol. The quantitative estimate of drug-likeness (QED) is 0.780. The Balaban J connectivity index is 2.03. The van der Waals surface area contributed by atoms with E-state index in [2.05, 4.69) is 51.0 Å². The minimum atomic E-state index is -0.240. The Hall–Kier alpha value is 0.386. The Morgan fingerprint density at radius 3 is 2.25 bits per heavy atom. The maximum Gasteiger partial charge on any atom is 0.506 e. The van der Waals surface area contributed by atoms with Crippen molar-refractivity contribution in [3.05, 3.63) is 29.8 Å². The van der Waals surface area contributed by atoms with E-state index in [0.29, 0.717) is 0 Å². The second-order valence-electron chi connectivity index (χ2n) is 4.99. The molecule has 1 saturated heterocycles. The van der Waals surface area contributed by atoms with Gasteiger partial charge in [0.15, 0.2) is 6.29 Å². The van der Waals surface area contributed by atoms with Gasteiger partial charge in [0.2, 0.25) is 0 Å². The van der Waals surface area contributed by atoms with Crippen LogP contribution in [-0.4, -0.2) is 31.4 Å². The highest BCUT2D eigenvalue weighted by molar-refractivity contribution is 9.23. The summed E-state index contributed by atoms with van der Waals surface area (Å²) in [6.07, 6.45) is -0.181. The van der Waals surface area contributed by atoms with Crippen LogP contribution < -0.4 is 3.69 Å². The van der Waals surface area contributed by atoms with Crippen LogP contribution >= 0.6 is 12.9 Å². The van der Waals surface area contributed by atoms with Crippen LogP contribution in [0.5, 0.6) is 0 Å². The molecule has 0 amide bonds. The first-order valence-corrected chi connectivity index (χ1v) is 10.1. The summed E-state index contributed by atoms with van der Waals surface area (Å²) in [7, 11) is 0. The first-order chi connectivity index (χ1) is 7.61. The fourth-order valence-corrected chi connectivity index (χ4v) is 3.18. The summed E-state index contributed by atoms with van der Waals surface area (Å²) in [5.74, 6) is 0. The van der Waals surface area contributed by atoms with Crippen LogP contribution in [0.3, 0.4) is 0 Å². The Kier molecular flexibility index (Phi) is 4.29. The van der Waals surface area contributed by atoms with Gasteiger partial charge < -0.3 is 9.47 Å². The SMILES string of the molecule is CC1(C)COC(c2cc[c]([Mg][Br])cc2)OC1. The van der Waals surface area contributed by atoms with Crippen LogP contribution in [-0.2, 0) is 9.47 Å². The first-order valence-electron chi connectivity index (χ1n) is 5.49. The fraction of sp³-hybridized carbons (Fsp3) is 0.500. The van der Waals surface area contributed by atoms with E-state index < -0.39 is 0 Å². The lowest BCUT2D eigenvalue weighted by atomic mass is 9.95. The molecule has 1 aliphatic rings. The zero-order chi connectivity index (χ0) is 11.6. The lowest BCUT2D eigenvalue weighted by molar-refractivity contribution is -0.226. The second-order valence-corrected chi connectivity index (χ2v) is 7.76. The van der Waals surface area contributed by atoms with Crippen molar-refractivity contribution in [3.63, 3.8) is 0 Å². The highest BCUT2D eigenvalue weighted by Crippen LogP contribution is 2.30. The summed E-state index contributed by atoms with van der Waals surface area (Å²) >= 11 is 3.33. The van der Waals surface area contributed by atoms with Crippen LogP contribution in [0.1, 0.15) is 25.7 Å². The van der Waals surface area contributed by atoms with Crippen molar-refractivity contribution in [3.8, 4) is 0 Å². The third kappa shape index (κ3) is 3.20. The number of ether oxygens (including phenoxy) is 2. The Morgan fingerprint density at radius 2 is 1.75 bits per heavy atom. The van der Waals surface area contributed by atoms with E-state index in [-0.39, 0.29) is 29.9 Å². The molecule has 1 aromatic carbocycles. The molecule has 1 fully saturated rings. The molecule has 1 heterocycles. The summed E-state index contributed by atoms with van der Waals surface area (Å²) < 4.78 is 12.9. The van der Waals surface area contributed by atoms with E-state index in [0.717, 1.165) is 18.8 Å². The van der Waals surface area contributed by atoms with E-state index in [4.69, 9.17) is 9.47 Å². The van der Waals surface area contributed by atoms with Crippen molar-refractivity contribution < 1.29 is 9.47 Å². The average Bonchev–Trinajstić information content (AvgIpc) is 2.29. The zero-order valence-corrected chi connectivity index (χ0v) is 12.7. The van der Waals surface area contributed by atoms with Crippen molar-refractivity contribution in [1.29, 1.82) is 0 Å². The van der Waals surface area contributed by atoms with Crippen molar-refractivity contribution >= 4 is 34.8 Å². The molecule has 0 unspecified atom stereocenters. The van der Waals surface area contributed by atoms with Crippen LogP contribution in [0.25, 0.3) is 0 Å². The van der Waals surface area contributed by atoms with Crippen molar-refractivity contribution in [2.75, 3.05) is 13.2 Å². The predicted octanol–water partition coefficient (Wildman–Crippen LogP) is 2.40. The maximum atomic E-state index is 5.73. The Bertz CT molecular complexity index is 341. The number of benzene rings is 1. The van der Waals surface area contributed by atoms with Gasteiger partial charge in [0, 0.05) is 11.0 Å². The number of rotatable bonds is 2. The molecular weight excluding hydrogens is 280 g/mol. The molecule has 0 saturated carbocycles. The monoisotopic (exact) mass is 294 g/mol. The fourth-order valence-electron chi connectivity index (χ4n) is 1.65. The second kappa shape index (κ2) is 5.35. The van der Waals surface area contributed by atoms with E-state index in [1.807, 2.05) is 0 Å². The van der Waals surface area contributed by atoms with E-state index in [1.165, 1.54) is 3.69 Å².